The zero-order chi connectivity index (χ0) is 13.1. The summed E-state index contributed by atoms with van der Waals surface area (Å²) < 4.78 is 7.45. The summed E-state index contributed by atoms with van der Waals surface area (Å²) in [5.41, 5.74) is 7.58. The van der Waals surface area contributed by atoms with E-state index in [2.05, 4.69) is 18.9 Å². The van der Waals surface area contributed by atoms with Gasteiger partial charge in [-0.25, -0.2) is 0 Å². The molecule has 1 saturated carbocycles. The fourth-order valence-electron chi connectivity index (χ4n) is 3.17. The van der Waals surface area contributed by atoms with Crippen molar-refractivity contribution in [3.63, 3.8) is 0 Å². The van der Waals surface area contributed by atoms with Gasteiger partial charge in [0.2, 0.25) is 0 Å². The molecule has 1 aliphatic carbocycles. The van der Waals surface area contributed by atoms with E-state index in [-0.39, 0.29) is 6.04 Å². The summed E-state index contributed by atoms with van der Waals surface area (Å²) in [6.07, 6.45) is 6.67. The Kier molecular flexibility index (Phi) is 4.27. The molecule has 0 aromatic carbocycles. The number of aromatic nitrogens is 2. The Hall–Kier alpha value is -1.03. The summed E-state index contributed by atoms with van der Waals surface area (Å²) >= 11 is 0. The largest absolute Gasteiger partial charge is 0.493 e. The minimum Gasteiger partial charge on any atom is -0.493 e. The Morgan fingerprint density at radius 2 is 2.33 bits per heavy atom. The predicted molar refractivity (Wildman–Crippen MR) is 72.5 cm³/mol. The second-order valence-electron chi connectivity index (χ2n) is 5.42. The molecule has 0 radical (unpaired) electrons. The summed E-state index contributed by atoms with van der Waals surface area (Å²) in [4.78, 5) is 0. The van der Waals surface area contributed by atoms with Crippen LogP contribution in [-0.2, 0) is 6.54 Å². The number of hydrogen-bond donors (Lipinski definition) is 1. The maximum absolute atomic E-state index is 6.50. The number of methoxy groups -OCH3 is 1. The highest BCUT2D eigenvalue weighted by atomic mass is 16.5. The molecule has 0 saturated heterocycles. The average molecular weight is 251 g/mol. The van der Waals surface area contributed by atoms with Crippen LogP contribution >= 0.6 is 0 Å². The minimum absolute atomic E-state index is 0.0477. The third-order valence-corrected chi connectivity index (χ3v) is 4.21. The number of rotatable bonds is 5. The Labute approximate surface area is 110 Å². The van der Waals surface area contributed by atoms with Crippen molar-refractivity contribution < 1.29 is 4.74 Å². The Morgan fingerprint density at radius 1 is 1.56 bits per heavy atom. The lowest BCUT2D eigenvalue weighted by molar-refractivity contribution is 0.321. The third-order valence-electron chi connectivity index (χ3n) is 4.21. The molecule has 3 unspecified atom stereocenters. The maximum Gasteiger partial charge on any atom is 0.161 e. The van der Waals surface area contributed by atoms with E-state index in [1.165, 1.54) is 19.3 Å². The lowest BCUT2D eigenvalue weighted by Crippen LogP contribution is -2.26. The quantitative estimate of drug-likeness (QED) is 0.875. The molecule has 1 aromatic heterocycles. The molecular weight excluding hydrogens is 226 g/mol. The van der Waals surface area contributed by atoms with Crippen molar-refractivity contribution in [1.82, 2.24) is 9.78 Å². The highest BCUT2D eigenvalue weighted by molar-refractivity contribution is 5.29. The van der Waals surface area contributed by atoms with Crippen LogP contribution in [0.25, 0.3) is 0 Å². The van der Waals surface area contributed by atoms with Crippen molar-refractivity contribution in [2.45, 2.75) is 52.1 Å². The average Bonchev–Trinajstić information content (AvgIpc) is 2.95. The van der Waals surface area contributed by atoms with Gasteiger partial charge >= 0.3 is 0 Å². The summed E-state index contributed by atoms with van der Waals surface area (Å²) in [5.74, 6) is 2.11. The molecule has 1 fully saturated rings. The molecule has 4 heteroatoms. The van der Waals surface area contributed by atoms with Crippen LogP contribution < -0.4 is 10.5 Å². The number of nitrogens with zero attached hydrogens (tertiary/aromatic N) is 2. The van der Waals surface area contributed by atoms with Gasteiger partial charge in [0, 0.05) is 6.54 Å². The van der Waals surface area contributed by atoms with Crippen LogP contribution in [0.1, 0.15) is 51.3 Å². The van der Waals surface area contributed by atoms with Crippen LogP contribution in [0, 0.1) is 11.8 Å². The van der Waals surface area contributed by atoms with E-state index in [4.69, 9.17) is 10.5 Å². The number of ether oxygens (including phenoxy) is 1. The first-order chi connectivity index (χ1) is 8.69. The smallest absolute Gasteiger partial charge is 0.161 e. The van der Waals surface area contributed by atoms with E-state index in [0.717, 1.165) is 24.4 Å². The summed E-state index contributed by atoms with van der Waals surface area (Å²) in [6.45, 7) is 5.37. The monoisotopic (exact) mass is 251 g/mol. The number of hydrogen-bond acceptors (Lipinski definition) is 3. The molecule has 1 aromatic rings. The van der Waals surface area contributed by atoms with Gasteiger partial charge in [0.15, 0.2) is 5.75 Å². The molecule has 4 nitrogen and oxygen atoms in total. The fourth-order valence-corrected chi connectivity index (χ4v) is 3.17. The minimum atomic E-state index is 0.0477. The molecule has 0 amide bonds. The van der Waals surface area contributed by atoms with Crippen molar-refractivity contribution in [1.29, 1.82) is 0 Å². The summed E-state index contributed by atoms with van der Waals surface area (Å²) in [6, 6.07) is 0.0477. The molecule has 0 bridgehead atoms. The van der Waals surface area contributed by atoms with Crippen molar-refractivity contribution in [2.75, 3.05) is 7.11 Å². The molecular formula is C14H25N3O. The van der Waals surface area contributed by atoms with Gasteiger partial charge in [-0.2, -0.15) is 5.10 Å². The second kappa shape index (κ2) is 5.74. The van der Waals surface area contributed by atoms with Crippen LogP contribution in [0.15, 0.2) is 6.20 Å². The predicted octanol–water partition coefficient (Wildman–Crippen LogP) is 2.74. The van der Waals surface area contributed by atoms with Crippen LogP contribution in [0.3, 0.4) is 0 Å². The van der Waals surface area contributed by atoms with Gasteiger partial charge in [-0.1, -0.05) is 26.7 Å². The Bertz CT molecular complexity index is 388. The first kappa shape index (κ1) is 13.4. The molecule has 3 atom stereocenters. The Balaban J connectivity index is 2.26. The molecule has 102 valence electrons. The second-order valence-corrected chi connectivity index (χ2v) is 5.42. The number of aryl methyl sites for hydroxylation is 1. The molecule has 0 spiro atoms. The van der Waals surface area contributed by atoms with Crippen molar-refractivity contribution in [3.05, 3.63) is 11.9 Å². The standard InChI is InChI=1S/C14H25N3O/c1-4-8-17-14(12(18-3)9-16-17)13(15)11-7-5-6-10(11)2/h9-11,13H,4-8,15H2,1-3H3. The zero-order valence-corrected chi connectivity index (χ0v) is 11.7. The van der Waals surface area contributed by atoms with Crippen molar-refractivity contribution in [2.24, 2.45) is 17.6 Å². The highest BCUT2D eigenvalue weighted by Gasteiger charge is 2.33. The van der Waals surface area contributed by atoms with Gasteiger partial charge in [-0.3, -0.25) is 4.68 Å². The van der Waals surface area contributed by atoms with E-state index in [9.17, 15) is 0 Å². The first-order valence-electron chi connectivity index (χ1n) is 7.04. The normalized spacial score (nSPS) is 25.3. The van der Waals surface area contributed by atoms with Crippen LogP contribution in [0.5, 0.6) is 5.75 Å². The van der Waals surface area contributed by atoms with Crippen LogP contribution in [0.2, 0.25) is 0 Å². The first-order valence-corrected chi connectivity index (χ1v) is 7.04. The van der Waals surface area contributed by atoms with Crippen molar-refractivity contribution >= 4 is 0 Å². The van der Waals surface area contributed by atoms with E-state index in [0.29, 0.717) is 11.8 Å². The van der Waals surface area contributed by atoms with Gasteiger partial charge < -0.3 is 10.5 Å². The molecule has 1 heterocycles. The molecule has 18 heavy (non-hydrogen) atoms. The highest BCUT2D eigenvalue weighted by Crippen LogP contribution is 2.41. The van der Waals surface area contributed by atoms with E-state index < -0.39 is 0 Å². The number of nitrogens with two attached hydrogens (primary N) is 1. The molecule has 0 aliphatic heterocycles. The summed E-state index contributed by atoms with van der Waals surface area (Å²) in [7, 11) is 1.70. The Morgan fingerprint density at radius 3 is 2.89 bits per heavy atom. The molecule has 2 rings (SSSR count). The topological polar surface area (TPSA) is 53.1 Å². The molecule has 1 aliphatic rings. The molecule has 2 N–H and O–H groups in total. The third kappa shape index (κ3) is 2.39. The van der Waals surface area contributed by atoms with Gasteiger partial charge in [0.05, 0.1) is 25.0 Å². The zero-order valence-electron chi connectivity index (χ0n) is 11.7. The lowest BCUT2D eigenvalue weighted by atomic mass is 9.88. The fraction of sp³-hybridized carbons (Fsp3) is 0.786. The van der Waals surface area contributed by atoms with Gasteiger partial charge in [0.1, 0.15) is 0 Å². The van der Waals surface area contributed by atoms with E-state index in [1.54, 1.807) is 13.3 Å². The van der Waals surface area contributed by atoms with Crippen LogP contribution in [0.4, 0.5) is 0 Å². The van der Waals surface area contributed by atoms with Crippen molar-refractivity contribution in [3.8, 4) is 5.75 Å². The maximum atomic E-state index is 6.50. The van der Waals surface area contributed by atoms with Gasteiger partial charge in [-0.05, 0) is 24.7 Å². The van der Waals surface area contributed by atoms with Gasteiger partial charge in [0.25, 0.3) is 0 Å². The SMILES string of the molecule is CCCn1ncc(OC)c1C(N)C1CCCC1C. The van der Waals surface area contributed by atoms with E-state index in [1.807, 2.05) is 4.68 Å². The lowest BCUT2D eigenvalue weighted by Gasteiger charge is -2.24. The van der Waals surface area contributed by atoms with E-state index >= 15 is 0 Å². The van der Waals surface area contributed by atoms with Gasteiger partial charge in [-0.15, -0.1) is 0 Å². The summed E-state index contributed by atoms with van der Waals surface area (Å²) in [5, 5.41) is 4.41. The van der Waals surface area contributed by atoms with Crippen LogP contribution in [-0.4, -0.2) is 16.9 Å².